The van der Waals surface area contributed by atoms with E-state index in [0.29, 0.717) is 5.92 Å². The summed E-state index contributed by atoms with van der Waals surface area (Å²) in [6.45, 7) is 6.28. The molecule has 1 aromatic carbocycles. The Bertz CT molecular complexity index is 354. The van der Waals surface area contributed by atoms with Gasteiger partial charge in [-0.1, -0.05) is 39.0 Å². The van der Waals surface area contributed by atoms with Gasteiger partial charge >= 0.3 is 5.97 Å². The molecule has 0 unspecified atom stereocenters. The number of hydrogen-bond donors (Lipinski definition) is 1. The molecule has 0 fully saturated rings. The van der Waals surface area contributed by atoms with E-state index in [0.717, 1.165) is 17.5 Å². The second-order valence-electron chi connectivity index (χ2n) is 4.11. The highest BCUT2D eigenvalue weighted by atomic mass is 16.4. The molecule has 2 nitrogen and oxygen atoms in total. The van der Waals surface area contributed by atoms with Crippen molar-refractivity contribution in [2.24, 2.45) is 0 Å². The lowest BCUT2D eigenvalue weighted by molar-refractivity contribution is -0.136. The van der Waals surface area contributed by atoms with Crippen LogP contribution in [0.5, 0.6) is 0 Å². The third-order valence-electron chi connectivity index (χ3n) is 2.62. The molecular weight excluding hydrogens is 188 g/mol. The zero-order chi connectivity index (χ0) is 11.4. The van der Waals surface area contributed by atoms with E-state index < -0.39 is 5.97 Å². The van der Waals surface area contributed by atoms with E-state index in [2.05, 4.69) is 26.8 Å². The predicted molar refractivity (Wildman–Crippen MR) is 61.2 cm³/mol. The van der Waals surface area contributed by atoms with Crippen molar-refractivity contribution >= 4 is 5.97 Å². The van der Waals surface area contributed by atoms with E-state index in [1.165, 1.54) is 5.56 Å². The number of carboxylic acids is 1. The van der Waals surface area contributed by atoms with Crippen molar-refractivity contribution in [3.63, 3.8) is 0 Å². The second-order valence-corrected chi connectivity index (χ2v) is 4.11. The van der Waals surface area contributed by atoms with Gasteiger partial charge in [-0.3, -0.25) is 4.79 Å². The van der Waals surface area contributed by atoms with Gasteiger partial charge in [-0.2, -0.15) is 0 Å². The molecule has 82 valence electrons. The van der Waals surface area contributed by atoms with Crippen LogP contribution in [0.4, 0.5) is 0 Å². The minimum Gasteiger partial charge on any atom is -0.481 e. The van der Waals surface area contributed by atoms with E-state index in [-0.39, 0.29) is 6.42 Å². The summed E-state index contributed by atoms with van der Waals surface area (Å²) in [6, 6.07) is 6.17. The Kier molecular flexibility index (Phi) is 3.89. The first-order chi connectivity index (χ1) is 7.04. The maximum atomic E-state index is 10.7. The molecule has 15 heavy (non-hydrogen) atoms. The van der Waals surface area contributed by atoms with E-state index in [4.69, 9.17) is 5.11 Å². The molecule has 0 atom stereocenters. The molecule has 0 saturated heterocycles. The largest absolute Gasteiger partial charge is 0.481 e. The highest BCUT2D eigenvalue weighted by Gasteiger charge is 2.08. The van der Waals surface area contributed by atoms with Crippen molar-refractivity contribution in [1.82, 2.24) is 0 Å². The summed E-state index contributed by atoms with van der Waals surface area (Å²) < 4.78 is 0. The predicted octanol–water partition coefficient (Wildman–Crippen LogP) is 3.00. The number of rotatable bonds is 4. The maximum Gasteiger partial charge on any atom is 0.307 e. The van der Waals surface area contributed by atoms with E-state index in [1.807, 2.05) is 12.1 Å². The maximum absolute atomic E-state index is 10.7. The van der Waals surface area contributed by atoms with Gasteiger partial charge in [0, 0.05) is 0 Å². The first-order valence-electron chi connectivity index (χ1n) is 5.38. The lowest BCUT2D eigenvalue weighted by Gasteiger charge is -2.11. The molecule has 1 aromatic rings. The molecule has 0 aliphatic carbocycles. The van der Waals surface area contributed by atoms with Crippen LogP contribution in [0.15, 0.2) is 18.2 Å². The van der Waals surface area contributed by atoms with Crippen LogP contribution in [-0.4, -0.2) is 11.1 Å². The van der Waals surface area contributed by atoms with Gasteiger partial charge in [0.2, 0.25) is 0 Å². The Labute approximate surface area is 90.9 Å². The quantitative estimate of drug-likeness (QED) is 0.822. The zero-order valence-electron chi connectivity index (χ0n) is 9.58. The topological polar surface area (TPSA) is 37.3 Å². The van der Waals surface area contributed by atoms with E-state index >= 15 is 0 Å². The average Bonchev–Trinajstić information content (AvgIpc) is 2.16. The van der Waals surface area contributed by atoms with Crippen molar-refractivity contribution in [2.75, 3.05) is 0 Å². The molecule has 0 saturated carbocycles. The summed E-state index contributed by atoms with van der Waals surface area (Å²) in [7, 11) is 0. The van der Waals surface area contributed by atoms with E-state index in [1.54, 1.807) is 0 Å². The standard InChI is InChI=1S/C13H18O2/c1-4-10-5-6-11(9(2)3)7-12(10)8-13(14)15/h5-7,9H,4,8H2,1-3H3,(H,14,15). The minimum atomic E-state index is -0.759. The molecule has 0 aromatic heterocycles. The summed E-state index contributed by atoms with van der Waals surface area (Å²) >= 11 is 0. The zero-order valence-corrected chi connectivity index (χ0v) is 9.58. The van der Waals surface area contributed by atoms with Crippen molar-refractivity contribution in [3.05, 3.63) is 34.9 Å². The fraction of sp³-hybridized carbons (Fsp3) is 0.462. The Morgan fingerprint density at radius 2 is 2.00 bits per heavy atom. The Balaban J connectivity index is 3.07. The summed E-state index contributed by atoms with van der Waals surface area (Å²) in [5.74, 6) is -0.311. The summed E-state index contributed by atoms with van der Waals surface area (Å²) in [5, 5.41) is 8.82. The van der Waals surface area contributed by atoms with Crippen LogP contribution < -0.4 is 0 Å². The monoisotopic (exact) mass is 206 g/mol. The third-order valence-corrected chi connectivity index (χ3v) is 2.62. The second kappa shape index (κ2) is 4.96. The molecule has 0 amide bonds. The molecule has 0 aliphatic heterocycles. The van der Waals surface area contributed by atoms with Crippen molar-refractivity contribution < 1.29 is 9.90 Å². The van der Waals surface area contributed by atoms with Gasteiger partial charge in [0.15, 0.2) is 0 Å². The van der Waals surface area contributed by atoms with Crippen molar-refractivity contribution in [1.29, 1.82) is 0 Å². The van der Waals surface area contributed by atoms with Gasteiger partial charge in [-0.25, -0.2) is 0 Å². The van der Waals surface area contributed by atoms with E-state index in [9.17, 15) is 4.79 Å². The fourth-order valence-corrected chi connectivity index (χ4v) is 1.68. The number of aryl methyl sites for hydroxylation is 1. The third kappa shape index (κ3) is 3.08. The molecule has 1 rings (SSSR count). The van der Waals surface area contributed by atoms with Crippen LogP contribution in [0.2, 0.25) is 0 Å². The lowest BCUT2D eigenvalue weighted by atomic mass is 9.95. The Morgan fingerprint density at radius 1 is 1.33 bits per heavy atom. The van der Waals surface area contributed by atoms with Crippen molar-refractivity contribution in [3.8, 4) is 0 Å². The van der Waals surface area contributed by atoms with Crippen LogP contribution in [0.25, 0.3) is 0 Å². The fourth-order valence-electron chi connectivity index (χ4n) is 1.68. The van der Waals surface area contributed by atoms with Crippen molar-refractivity contribution in [2.45, 2.75) is 39.5 Å². The molecule has 0 heterocycles. The smallest absolute Gasteiger partial charge is 0.307 e. The van der Waals surface area contributed by atoms with Gasteiger partial charge in [-0.15, -0.1) is 0 Å². The molecule has 2 heteroatoms. The van der Waals surface area contributed by atoms with Crippen LogP contribution >= 0.6 is 0 Å². The molecule has 0 radical (unpaired) electrons. The summed E-state index contributed by atoms with van der Waals surface area (Å²) in [4.78, 5) is 10.7. The lowest BCUT2D eigenvalue weighted by Crippen LogP contribution is -2.04. The number of benzene rings is 1. The SMILES string of the molecule is CCc1ccc(C(C)C)cc1CC(=O)O. The van der Waals surface area contributed by atoms with Gasteiger partial charge in [0.05, 0.1) is 6.42 Å². The molecular formula is C13H18O2. The van der Waals surface area contributed by atoms with Gasteiger partial charge in [-0.05, 0) is 29.0 Å². The number of carbonyl (C=O) groups is 1. The first kappa shape index (κ1) is 11.8. The number of hydrogen-bond acceptors (Lipinski definition) is 1. The first-order valence-corrected chi connectivity index (χ1v) is 5.38. The van der Waals surface area contributed by atoms with Crippen LogP contribution in [0, 0.1) is 0 Å². The van der Waals surface area contributed by atoms with Gasteiger partial charge in [0.25, 0.3) is 0 Å². The average molecular weight is 206 g/mol. The molecule has 0 spiro atoms. The Morgan fingerprint density at radius 3 is 2.47 bits per heavy atom. The highest BCUT2D eigenvalue weighted by molar-refractivity contribution is 5.70. The van der Waals surface area contributed by atoms with Crippen LogP contribution in [0.3, 0.4) is 0 Å². The molecule has 0 bridgehead atoms. The highest BCUT2D eigenvalue weighted by Crippen LogP contribution is 2.19. The molecule has 1 N–H and O–H groups in total. The molecule has 0 aliphatic rings. The summed E-state index contributed by atoms with van der Waals surface area (Å²) in [6.07, 6.45) is 1.02. The minimum absolute atomic E-state index is 0.129. The number of aliphatic carboxylic acids is 1. The number of carboxylic acid groups (broad SMARTS) is 1. The van der Waals surface area contributed by atoms with Gasteiger partial charge in [0.1, 0.15) is 0 Å². The van der Waals surface area contributed by atoms with Gasteiger partial charge < -0.3 is 5.11 Å². The Hall–Kier alpha value is -1.31. The normalized spacial score (nSPS) is 10.7. The van der Waals surface area contributed by atoms with Crippen LogP contribution in [0.1, 0.15) is 43.4 Å². The van der Waals surface area contributed by atoms with Crippen LogP contribution in [-0.2, 0) is 17.6 Å². The summed E-state index contributed by atoms with van der Waals surface area (Å²) in [5.41, 5.74) is 3.31.